The van der Waals surface area contributed by atoms with Crippen molar-refractivity contribution < 1.29 is 4.52 Å². The summed E-state index contributed by atoms with van der Waals surface area (Å²) >= 11 is 0. The molecule has 0 bridgehead atoms. The highest BCUT2D eigenvalue weighted by Crippen LogP contribution is 1.56. The van der Waals surface area contributed by atoms with Gasteiger partial charge in [-0.3, -0.25) is 4.79 Å². The third-order valence-electron chi connectivity index (χ3n) is 0.664. The molecule has 5 nitrogen and oxygen atoms in total. The van der Waals surface area contributed by atoms with Crippen LogP contribution in [-0.4, -0.2) is 9.95 Å². The number of H-pyrrole nitrogens is 1. The standard InChI is InChI=1S/C3H4N2O3/c1-5-4-2(6)3(7)8-5/h1H3,(H,4,6). The number of aromatic amines is 1. The molecule has 0 radical (unpaired) electrons. The molecule has 0 aromatic carbocycles. The monoisotopic (exact) mass is 116 g/mol. The Morgan fingerprint density at radius 3 is 2.38 bits per heavy atom. The Hall–Kier alpha value is -1.26. The van der Waals surface area contributed by atoms with Gasteiger partial charge in [0.2, 0.25) is 0 Å². The van der Waals surface area contributed by atoms with E-state index in [1.807, 2.05) is 0 Å². The SMILES string of the molecule is Cn1[nH]c(=O)c(=O)o1. The van der Waals surface area contributed by atoms with Crippen LogP contribution >= 0.6 is 0 Å². The Labute approximate surface area is 43.5 Å². The fraction of sp³-hybridized carbons (Fsp3) is 0.333. The highest BCUT2D eigenvalue weighted by molar-refractivity contribution is 4.60. The van der Waals surface area contributed by atoms with E-state index in [1.54, 1.807) is 0 Å². The number of rotatable bonds is 0. The van der Waals surface area contributed by atoms with Gasteiger partial charge in [-0.05, 0) is 0 Å². The summed E-state index contributed by atoms with van der Waals surface area (Å²) in [7, 11) is 1.42. The van der Waals surface area contributed by atoms with Crippen LogP contribution in [0.3, 0.4) is 0 Å². The average molecular weight is 116 g/mol. The van der Waals surface area contributed by atoms with Gasteiger partial charge < -0.3 is 4.52 Å². The first-order valence-electron chi connectivity index (χ1n) is 1.97. The second kappa shape index (κ2) is 1.36. The zero-order valence-electron chi connectivity index (χ0n) is 4.17. The predicted molar refractivity (Wildman–Crippen MR) is 24.6 cm³/mol. The molecule has 0 aliphatic rings. The number of aromatic nitrogens is 2. The molecule has 1 N–H and O–H groups in total. The quantitative estimate of drug-likeness (QED) is 0.427. The van der Waals surface area contributed by atoms with Crippen molar-refractivity contribution in [3.05, 3.63) is 20.8 Å². The van der Waals surface area contributed by atoms with Crippen molar-refractivity contribution in [1.82, 2.24) is 9.95 Å². The van der Waals surface area contributed by atoms with E-state index in [1.165, 1.54) is 7.05 Å². The Morgan fingerprint density at radius 1 is 1.62 bits per heavy atom. The van der Waals surface area contributed by atoms with Gasteiger partial charge in [0.25, 0.3) is 0 Å². The maximum absolute atomic E-state index is 10.2. The minimum absolute atomic E-state index is 0.729. The molecule has 0 atom stereocenters. The van der Waals surface area contributed by atoms with Crippen molar-refractivity contribution in [2.75, 3.05) is 0 Å². The van der Waals surface area contributed by atoms with E-state index in [-0.39, 0.29) is 0 Å². The topological polar surface area (TPSA) is 68.0 Å². The molecule has 5 heteroatoms. The normalized spacial score (nSPS) is 9.62. The Balaban J connectivity index is 3.59. The fourth-order valence-electron chi connectivity index (χ4n) is 0.377. The van der Waals surface area contributed by atoms with Crippen LogP contribution in [0, 0.1) is 0 Å². The Morgan fingerprint density at radius 2 is 2.25 bits per heavy atom. The van der Waals surface area contributed by atoms with Gasteiger partial charge in [0.1, 0.15) is 0 Å². The molecular weight excluding hydrogens is 112 g/mol. The van der Waals surface area contributed by atoms with E-state index in [4.69, 9.17) is 0 Å². The first-order valence-corrected chi connectivity index (χ1v) is 1.97. The number of nitrogens with zero attached hydrogens (tertiary/aromatic N) is 1. The minimum Gasteiger partial charge on any atom is -0.315 e. The van der Waals surface area contributed by atoms with Crippen LogP contribution in [0.15, 0.2) is 14.1 Å². The maximum Gasteiger partial charge on any atom is 0.424 e. The molecule has 0 fully saturated rings. The molecule has 0 aliphatic carbocycles. The first kappa shape index (κ1) is 4.89. The molecule has 1 aromatic rings. The van der Waals surface area contributed by atoms with E-state index in [9.17, 15) is 9.59 Å². The molecule has 1 rings (SSSR count). The third-order valence-corrected chi connectivity index (χ3v) is 0.664. The minimum atomic E-state index is -0.868. The summed E-state index contributed by atoms with van der Waals surface area (Å²) in [6, 6.07) is 0. The van der Waals surface area contributed by atoms with Gasteiger partial charge in [-0.1, -0.05) is 0 Å². The summed E-state index contributed by atoms with van der Waals surface area (Å²) in [6.07, 6.45) is 0. The number of nitrogens with one attached hydrogen (secondary N) is 1. The van der Waals surface area contributed by atoms with Gasteiger partial charge in [0.15, 0.2) is 0 Å². The molecule has 0 amide bonds. The van der Waals surface area contributed by atoms with E-state index >= 15 is 0 Å². The third kappa shape index (κ3) is 0.575. The number of hydrogen-bond donors (Lipinski definition) is 1. The van der Waals surface area contributed by atoms with Crippen molar-refractivity contribution in [2.24, 2.45) is 7.05 Å². The van der Waals surface area contributed by atoms with Crippen LogP contribution in [0.1, 0.15) is 0 Å². The van der Waals surface area contributed by atoms with E-state index < -0.39 is 11.2 Å². The highest BCUT2D eigenvalue weighted by Gasteiger charge is 1.94. The summed E-state index contributed by atoms with van der Waals surface area (Å²) in [6.45, 7) is 0. The van der Waals surface area contributed by atoms with Crippen molar-refractivity contribution >= 4 is 0 Å². The van der Waals surface area contributed by atoms with E-state index in [2.05, 4.69) is 9.62 Å². The van der Waals surface area contributed by atoms with Gasteiger partial charge in [-0.2, -0.15) is 0 Å². The van der Waals surface area contributed by atoms with Crippen molar-refractivity contribution in [2.45, 2.75) is 0 Å². The molecule has 0 saturated heterocycles. The van der Waals surface area contributed by atoms with Crippen LogP contribution in [0.4, 0.5) is 0 Å². The summed E-state index contributed by atoms with van der Waals surface area (Å²) in [5, 5.41) is 2.09. The second-order valence-electron chi connectivity index (χ2n) is 1.32. The zero-order chi connectivity index (χ0) is 6.15. The van der Waals surface area contributed by atoms with Crippen LogP contribution in [0.25, 0.3) is 0 Å². The largest absolute Gasteiger partial charge is 0.424 e. The Kier molecular flexibility index (Phi) is 0.831. The summed E-state index contributed by atoms with van der Waals surface area (Å²) < 4.78 is 4.21. The second-order valence-corrected chi connectivity index (χ2v) is 1.32. The average Bonchev–Trinajstić information content (AvgIpc) is 1.85. The lowest BCUT2D eigenvalue weighted by Gasteiger charge is -1.77. The smallest absolute Gasteiger partial charge is 0.315 e. The number of hydrogen-bond acceptors (Lipinski definition) is 3. The molecule has 1 aromatic heterocycles. The summed E-state index contributed by atoms with van der Waals surface area (Å²) in [5.41, 5.74) is -1.60. The van der Waals surface area contributed by atoms with Crippen LogP contribution in [-0.2, 0) is 7.05 Å². The molecular formula is C3H4N2O3. The Bertz CT molecular complexity index is 250. The van der Waals surface area contributed by atoms with E-state index in [0.717, 1.165) is 4.85 Å². The van der Waals surface area contributed by atoms with Gasteiger partial charge in [-0.25, -0.2) is 9.89 Å². The predicted octanol–water partition coefficient (Wildman–Crippen LogP) is -1.33. The highest BCUT2D eigenvalue weighted by atomic mass is 16.5. The molecule has 44 valence electrons. The molecule has 0 unspecified atom stereocenters. The lowest BCUT2D eigenvalue weighted by molar-refractivity contribution is 0.253. The van der Waals surface area contributed by atoms with Gasteiger partial charge >= 0.3 is 11.2 Å². The molecule has 1 heterocycles. The van der Waals surface area contributed by atoms with Crippen LogP contribution < -0.4 is 11.2 Å². The van der Waals surface area contributed by atoms with E-state index in [0.29, 0.717) is 0 Å². The molecule has 0 aliphatic heterocycles. The molecule has 8 heavy (non-hydrogen) atoms. The van der Waals surface area contributed by atoms with Gasteiger partial charge in [0, 0.05) is 0 Å². The van der Waals surface area contributed by atoms with Crippen molar-refractivity contribution in [1.29, 1.82) is 0 Å². The van der Waals surface area contributed by atoms with Crippen molar-refractivity contribution in [3.63, 3.8) is 0 Å². The zero-order valence-corrected chi connectivity index (χ0v) is 4.17. The van der Waals surface area contributed by atoms with Gasteiger partial charge in [0.05, 0.1) is 7.05 Å². The van der Waals surface area contributed by atoms with Crippen LogP contribution in [0.2, 0.25) is 0 Å². The lowest BCUT2D eigenvalue weighted by atomic mass is 10.9. The maximum atomic E-state index is 10.2. The summed E-state index contributed by atoms with van der Waals surface area (Å²) in [4.78, 5) is 21.2. The van der Waals surface area contributed by atoms with Crippen LogP contribution in [0.5, 0.6) is 0 Å². The number of aryl methyl sites for hydroxylation is 1. The first-order chi connectivity index (χ1) is 3.70. The van der Waals surface area contributed by atoms with Crippen molar-refractivity contribution in [3.8, 4) is 0 Å². The molecule has 0 spiro atoms. The summed E-state index contributed by atoms with van der Waals surface area (Å²) in [5.74, 6) is 0. The fourth-order valence-corrected chi connectivity index (χ4v) is 0.377. The lowest BCUT2D eigenvalue weighted by Crippen LogP contribution is -2.18. The molecule has 0 saturated carbocycles. The van der Waals surface area contributed by atoms with Gasteiger partial charge in [-0.15, -0.1) is 4.85 Å².